The Labute approximate surface area is 97.9 Å². The lowest BCUT2D eigenvalue weighted by molar-refractivity contribution is -0.164. The Morgan fingerprint density at radius 3 is 2.25 bits per heavy atom. The minimum atomic E-state index is -0.348. The average Bonchev–Trinajstić information content (AvgIpc) is 2.97. The minimum Gasteiger partial charge on any atom is -0.460 e. The molecule has 92 valence electrons. The van der Waals surface area contributed by atoms with Crippen LogP contribution in [0.2, 0.25) is 0 Å². The van der Waals surface area contributed by atoms with E-state index < -0.39 is 0 Å². The van der Waals surface area contributed by atoms with E-state index in [2.05, 4.69) is 5.32 Å². The number of nitrogens with one attached hydrogen (secondary N) is 1. The van der Waals surface area contributed by atoms with Crippen LogP contribution >= 0.6 is 0 Å². The molecular formula is C13H23NO2. The lowest BCUT2D eigenvalue weighted by Crippen LogP contribution is -2.39. The third kappa shape index (κ3) is 2.40. The summed E-state index contributed by atoms with van der Waals surface area (Å²) in [4.78, 5) is 12.2. The Kier molecular flexibility index (Phi) is 2.99. The number of rotatable bonds is 2. The molecule has 1 aliphatic heterocycles. The van der Waals surface area contributed by atoms with Crippen molar-refractivity contribution in [3.8, 4) is 0 Å². The second-order valence-electron chi connectivity index (χ2n) is 6.18. The van der Waals surface area contributed by atoms with E-state index in [1.165, 1.54) is 0 Å². The van der Waals surface area contributed by atoms with Gasteiger partial charge in [0.05, 0.1) is 5.41 Å². The summed E-state index contributed by atoms with van der Waals surface area (Å²) in [6, 6.07) is 0. The van der Waals surface area contributed by atoms with Crippen LogP contribution in [0.15, 0.2) is 0 Å². The van der Waals surface area contributed by atoms with Gasteiger partial charge in [-0.15, -0.1) is 0 Å². The number of esters is 1. The standard InChI is InChI=1S/C13H23NO2/c1-12(2,3)16-11(15)13(6-7-13)10-4-8-14-9-5-10/h10,14H,4-9H2,1-3H3. The summed E-state index contributed by atoms with van der Waals surface area (Å²) in [6.07, 6.45) is 4.32. The van der Waals surface area contributed by atoms with Gasteiger partial charge in [0, 0.05) is 0 Å². The van der Waals surface area contributed by atoms with Crippen molar-refractivity contribution >= 4 is 5.97 Å². The quantitative estimate of drug-likeness (QED) is 0.731. The van der Waals surface area contributed by atoms with Crippen molar-refractivity contribution in [3.63, 3.8) is 0 Å². The van der Waals surface area contributed by atoms with Crippen molar-refractivity contribution in [1.82, 2.24) is 5.32 Å². The lowest BCUT2D eigenvalue weighted by Gasteiger charge is -2.31. The highest BCUT2D eigenvalue weighted by Gasteiger charge is 2.57. The maximum Gasteiger partial charge on any atom is 0.312 e. The molecule has 0 spiro atoms. The molecule has 0 aromatic rings. The molecule has 0 aromatic carbocycles. The van der Waals surface area contributed by atoms with Crippen LogP contribution in [0.1, 0.15) is 46.5 Å². The van der Waals surface area contributed by atoms with E-state index in [1.54, 1.807) is 0 Å². The first kappa shape index (κ1) is 11.9. The number of hydrogen-bond acceptors (Lipinski definition) is 3. The highest BCUT2D eigenvalue weighted by atomic mass is 16.6. The van der Waals surface area contributed by atoms with Crippen molar-refractivity contribution in [2.24, 2.45) is 11.3 Å². The largest absolute Gasteiger partial charge is 0.460 e. The van der Waals surface area contributed by atoms with Crippen LogP contribution in [0.4, 0.5) is 0 Å². The molecule has 0 amide bonds. The fourth-order valence-corrected chi connectivity index (χ4v) is 2.67. The van der Waals surface area contributed by atoms with Crippen LogP contribution in [0.5, 0.6) is 0 Å². The van der Waals surface area contributed by atoms with E-state index in [0.29, 0.717) is 5.92 Å². The van der Waals surface area contributed by atoms with E-state index in [0.717, 1.165) is 38.8 Å². The molecular weight excluding hydrogens is 202 g/mol. The average molecular weight is 225 g/mol. The van der Waals surface area contributed by atoms with Crippen LogP contribution in [0.3, 0.4) is 0 Å². The van der Waals surface area contributed by atoms with Gasteiger partial charge in [0.2, 0.25) is 0 Å². The van der Waals surface area contributed by atoms with Gasteiger partial charge in [-0.1, -0.05) is 0 Å². The second kappa shape index (κ2) is 4.02. The predicted molar refractivity (Wildman–Crippen MR) is 63.1 cm³/mol. The van der Waals surface area contributed by atoms with Gasteiger partial charge < -0.3 is 10.1 Å². The van der Waals surface area contributed by atoms with Gasteiger partial charge in [-0.05, 0) is 65.5 Å². The fraction of sp³-hybridized carbons (Fsp3) is 0.923. The normalized spacial score (nSPS) is 25.2. The zero-order chi connectivity index (χ0) is 11.8. The highest BCUT2D eigenvalue weighted by Crippen LogP contribution is 2.56. The first-order valence-corrected chi connectivity index (χ1v) is 6.38. The summed E-state index contributed by atoms with van der Waals surface area (Å²) >= 11 is 0. The number of carbonyl (C=O) groups is 1. The van der Waals surface area contributed by atoms with Crippen molar-refractivity contribution in [2.75, 3.05) is 13.1 Å². The highest BCUT2D eigenvalue weighted by molar-refractivity contribution is 5.80. The molecule has 0 atom stereocenters. The molecule has 0 aromatic heterocycles. The van der Waals surface area contributed by atoms with Crippen LogP contribution < -0.4 is 5.32 Å². The van der Waals surface area contributed by atoms with Crippen molar-refractivity contribution in [2.45, 2.75) is 52.1 Å². The Hall–Kier alpha value is -0.570. The van der Waals surface area contributed by atoms with E-state index >= 15 is 0 Å². The third-order valence-corrected chi connectivity index (χ3v) is 3.71. The molecule has 0 radical (unpaired) electrons. The molecule has 16 heavy (non-hydrogen) atoms. The summed E-state index contributed by atoms with van der Waals surface area (Å²) in [5.74, 6) is 0.593. The van der Waals surface area contributed by atoms with Gasteiger partial charge in [-0.25, -0.2) is 0 Å². The van der Waals surface area contributed by atoms with E-state index in [4.69, 9.17) is 4.74 Å². The Balaban J connectivity index is 1.99. The van der Waals surface area contributed by atoms with Gasteiger partial charge in [-0.2, -0.15) is 0 Å². The topological polar surface area (TPSA) is 38.3 Å². The summed E-state index contributed by atoms with van der Waals surface area (Å²) < 4.78 is 5.56. The number of piperidine rings is 1. The van der Waals surface area contributed by atoms with Gasteiger partial charge >= 0.3 is 5.97 Å². The molecule has 2 fully saturated rings. The Morgan fingerprint density at radius 2 is 1.81 bits per heavy atom. The molecule has 1 saturated carbocycles. The Bertz CT molecular complexity index is 270. The minimum absolute atomic E-state index is 0.0481. The third-order valence-electron chi connectivity index (χ3n) is 3.71. The smallest absolute Gasteiger partial charge is 0.312 e. The molecule has 2 rings (SSSR count). The molecule has 3 heteroatoms. The van der Waals surface area contributed by atoms with Crippen LogP contribution in [0.25, 0.3) is 0 Å². The van der Waals surface area contributed by atoms with Gasteiger partial charge in [-0.3, -0.25) is 4.79 Å². The van der Waals surface area contributed by atoms with Crippen LogP contribution in [-0.4, -0.2) is 24.7 Å². The second-order valence-corrected chi connectivity index (χ2v) is 6.18. The van der Waals surface area contributed by atoms with Gasteiger partial charge in [0.15, 0.2) is 0 Å². The summed E-state index contributed by atoms with van der Waals surface area (Å²) in [5.41, 5.74) is -0.463. The first-order valence-electron chi connectivity index (χ1n) is 6.38. The zero-order valence-electron chi connectivity index (χ0n) is 10.6. The maximum absolute atomic E-state index is 12.2. The fourth-order valence-electron chi connectivity index (χ4n) is 2.67. The molecule has 0 bridgehead atoms. The number of carbonyl (C=O) groups excluding carboxylic acids is 1. The monoisotopic (exact) mass is 225 g/mol. The van der Waals surface area contributed by atoms with Gasteiger partial charge in [0.25, 0.3) is 0 Å². The summed E-state index contributed by atoms with van der Waals surface area (Å²) in [7, 11) is 0. The van der Waals surface area contributed by atoms with E-state index in [1.807, 2.05) is 20.8 Å². The van der Waals surface area contributed by atoms with Crippen LogP contribution in [-0.2, 0) is 9.53 Å². The molecule has 1 saturated heterocycles. The molecule has 0 unspecified atom stereocenters. The summed E-state index contributed by atoms with van der Waals surface area (Å²) in [6.45, 7) is 7.95. The zero-order valence-corrected chi connectivity index (χ0v) is 10.6. The SMILES string of the molecule is CC(C)(C)OC(=O)C1(C2CCNCC2)CC1. The van der Waals surface area contributed by atoms with Crippen molar-refractivity contribution < 1.29 is 9.53 Å². The first-order chi connectivity index (χ1) is 7.44. The number of hydrogen-bond donors (Lipinski definition) is 1. The maximum atomic E-state index is 12.2. The molecule has 2 aliphatic rings. The van der Waals surface area contributed by atoms with Gasteiger partial charge in [0.1, 0.15) is 5.60 Å². The lowest BCUT2D eigenvalue weighted by atomic mass is 9.82. The summed E-state index contributed by atoms with van der Waals surface area (Å²) in [5, 5.41) is 3.35. The predicted octanol–water partition coefficient (Wildman–Crippen LogP) is 2.11. The number of ether oxygens (including phenoxy) is 1. The molecule has 1 aliphatic carbocycles. The van der Waals surface area contributed by atoms with Crippen molar-refractivity contribution in [1.29, 1.82) is 0 Å². The van der Waals surface area contributed by atoms with Crippen LogP contribution in [0, 0.1) is 11.3 Å². The molecule has 1 N–H and O–H groups in total. The molecule has 3 nitrogen and oxygen atoms in total. The Morgan fingerprint density at radius 1 is 1.25 bits per heavy atom. The molecule has 1 heterocycles. The van der Waals surface area contributed by atoms with E-state index in [-0.39, 0.29) is 17.0 Å². The van der Waals surface area contributed by atoms with Crippen molar-refractivity contribution in [3.05, 3.63) is 0 Å². The van der Waals surface area contributed by atoms with E-state index in [9.17, 15) is 4.79 Å².